The van der Waals surface area contributed by atoms with Crippen molar-refractivity contribution in [2.24, 2.45) is 0 Å². The third-order valence-electron chi connectivity index (χ3n) is 10.7. The molecule has 0 N–H and O–H groups in total. The molecule has 0 radical (unpaired) electrons. The Kier molecular flexibility index (Phi) is 8.52. The number of aromatic nitrogens is 3. The molecule has 0 saturated carbocycles. The first-order valence-electron chi connectivity index (χ1n) is 19.1. The van der Waals surface area contributed by atoms with Crippen molar-refractivity contribution in [3.05, 3.63) is 212 Å². The minimum Gasteiger partial charge on any atom is -0.309 e. The van der Waals surface area contributed by atoms with Crippen LogP contribution in [0, 0.1) is 11.3 Å². The lowest BCUT2D eigenvalue weighted by atomic mass is 9.95. The van der Waals surface area contributed by atoms with Gasteiger partial charge in [0, 0.05) is 33.0 Å². The van der Waals surface area contributed by atoms with Gasteiger partial charge in [-0.05, 0) is 58.1 Å². The summed E-state index contributed by atoms with van der Waals surface area (Å²) in [5.74, 6) is 0.547. The summed E-state index contributed by atoms with van der Waals surface area (Å²) in [7, 11) is 0. The molecule has 2 aromatic heterocycles. The van der Waals surface area contributed by atoms with E-state index in [9.17, 15) is 5.26 Å². The van der Waals surface area contributed by atoms with Crippen molar-refractivity contribution in [1.29, 1.82) is 5.26 Å². The molecule has 0 aliphatic carbocycles. The molecule has 10 aromatic rings. The van der Waals surface area contributed by atoms with Crippen molar-refractivity contribution < 1.29 is 0 Å². The fourth-order valence-electron chi connectivity index (χ4n) is 8.02. The number of rotatable bonds is 7. The first-order chi connectivity index (χ1) is 28.2. The molecular weight excluding hydrogens is 693 g/mol. The molecule has 0 amide bonds. The summed E-state index contributed by atoms with van der Waals surface area (Å²) in [4.78, 5) is 10.5. The average Bonchev–Trinajstić information content (AvgIpc) is 3.62. The zero-order chi connectivity index (χ0) is 38.1. The van der Waals surface area contributed by atoms with E-state index in [0.717, 1.165) is 55.7 Å². The second-order valence-electron chi connectivity index (χ2n) is 14.1. The van der Waals surface area contributed by atoms with Crippen LogP contribution in [-0.4, -0.2) is 14.5 Å². The van der Waals surface area contributed by atoms with E-state index in [0.29, 0.717) is 22.8 Å². The number of nitrogens with zero attached hydrogens (tertiary/aromatic N) is 4. The molecule has 2 heterocycles. The lowest BCUT2D eigenvalue weighted by molar-refractivity contribution is 1.15. The van der Waals surface area contributed by atoms with E-state index in [1.807, 2.05) is 66.7 Å². The van der Waals surface area contributed by atoms with E-state index in [1.165, 1.54) is 21.9 Å². The molecule has 0 bridgehead atoms. The van der Waals surface area contributed by atoms with Gasteiger partial charge < -0.3 is 4.57 Å². The molecule has 0 atom stereocenters. The maximum Gasteiger partial charge on any atom is 0.161 e. The maximum atomic E-state index is 10.6. The van der Waals surface area contributed by atoms with Crippen molar-refractivity contribution in [1.82, 2.24) is 14.5 Å². The number of benzene rings is 8. The number of fused-ring (bicyclic) bond motifs is 3. The van der Waals surface area contributed by atoms with Gasteiger partial charge in [-0.1, -0.05) is 176 Å². The van der Waals surface area contributed by atoms with E-state index in [2.05, 4.69) is 150 Å². The lowest BCUT2D eigenvalue weighted by Gasteiger charge is -2.19. The Hall–Kier alpha value is -7.87. The highest BCUT2D eigenvalue weighted by Gasteiger charge is 2.24. The summed E-state index contributed by atoms with van der Waals surface area (Å²) in [5.41, 5.74) is 14.2. The Labute approximate surface area is 331 Å². The number of hydrogen-bond acceptors (Lipinski definition) is 3. The first kappa shape index (κ1) is 33.7. The highest BCUT2D eigenvalue weighted by Crippen LogP contribution is 2.43. The molecular formula is C53H34N4. The van der Waals surface area contributed by atoms with Crippen LogP contribution >= 0.6 is 0 Å². The number of nitriles is 1. The number of hydrogen-bond donors (Lipinski definition) is 0. The van der Waals surface area contributed by atoms with Gasteiger partial charge in [-0.2, -0.15) is 5.26 Å². The van der Waals surface area contributed by atoms with E-state index in [4.69, 9.17) is 9.97 Å². The Morgan fingerprint density at radius 3 is 1.25 bits per heavy atom. The highest BCUT2D eigenvalue weighted by atomic mass is 15.0. The minimum absolute atomic E-state index is 0.444. The van der Waals surface area contributed by atoms with Gasteiger partial charge in [-0.3, -0.25) is 0 Å². The molecule has 0 spiro atoms. The average molecular weight is 727 g/mol. The molecule has 4 heteroatoms. The molecule has 4 nitrogen and oxygen atoms in total. The lowest BCUT2D eigenvalue weighted by Crippen LogP contribution is -2.04. The Morgan fingerprint density at radius 2 is 0.807 bits per heavy atom. The standard InChI is InChI=1S/C53H34N4/c54-35-46-51(39-23-12-4-13-24-39)55-53(56-52(46)40-25-14-5-15-26-40)43-27-16-28-49(50(43)38-21-10-3-11-22-38)57-47-31-29-41(36-17-6-1-7-18-36)33-44(47)45-34-42(30-32-48(45)57)37-19-8-2-9-20-37/h1-34H. The second kappa shape index (κ2) is 14.4. The molecule has 0 aliphatic heterocycles. The van der Waals surface area contributed by atoms with Crippen LogP contribution in [0.1, 0.15) is 5.56 Å². The quantitative estimate of drug-likeness (QED) is 0.164. The summed E-state index contributed by atoms with van der Waals surface area (Å²) >= 11 is 0. The zero-order valence-corrected chi connectivity index (χ0v) is 30.9. The van der Waals surface area contributed by atoms with Crippen LogP contribution < -0.4 is 0 Å². The van der Waals surface area contributed by atoms with Crippen LogP contribution in [0.2, 0.25) is 0 Å². The third kappa shape index (κ3) is 6.05. The van der Waals surface area contributed by atoms with Gasteiger partial charge in [0.05, 0.1) is 28.1 Å². The van der Waals surface area contributed by atoms with E-state index in [1.54, 1.807) is 0 Å². The van der Waals surface area contributed by atoms with Crippen LogP contribution in [-0.2, 0) is 0 Å². The second-order valence-corrected chi connectivity index (χ2v) is 14.1. The Balaban J connectivity index is 1.29. The van der Waals surface area contributed by atoms with Gasteiger partial charge in [0.2, 0.25) is 0 Å². The molecule has 0 saturated heterocycles. The predicted octanol–water partition coefficient (Wildman–Crippen LogP) is 13.4. The van der Waals surface area contributed by atoms with E-state index >= 15 is 0 Å². The van der Waals surface area contributed by atoms with Crippen LogP contribution in [0.25, 0.3) is 94.8 Å². The van der Waals surface area contributed by atoms with Gasteiger partial charge in [0.15, 0.2) is 5.82 Å². The van der Waals surface area contributed by atoms with Gasteiger partial charge in [-0.15, -0.1) is 0 Å². The summed E-state index contributed by atoms with van der Waals surface area (Å²) in [6, 6.07) is 73.9. The van der Waals surface area contributed by atoms with Gasteiger partial charge in [0.1, 0.15) is 11.6 Å². The summed E-state index contributed by atoms with van der Waals surface area (Å²) in [6.45, 7) is 0. The predicted molar refractivity (Wildman–Crippen MR) is 234 cm³/mol. The van der Waals surface area contributed by atoms with Gasteiger partial charge in [-0.25, -0.2) is 9.97 Å². The molecule has 266 valence electrons. The fraction of sp³-hybridized carbons (Fsp3) is 0. The minimum atomic E-state index is 0.444. The van der Waals surface area contributed by atoms with Crippen LogP contribution in [0.15, 0.2) is 206 Å². The topological polar surface area (TPSA) is 54.5 Å². The largest absolute Gasteiger partial charge is 0.309 e. The van der Waals surface area contributed by atoms with Crippen molar-refractivity contribution in [2.45, 2.75) is 0 Å². The maximum absolute atomic E-state index is 10.6. The van der Waals surface area contributed by atoms with Crippen LogP contribution in [0.4, 0.5) is 0 Å². The van der Waals surface area contributed by atoms with Gasteiger partial charge in [0.25, 0.3) is 0 Å². The molecule has 57 heavy (non-hydrogen) atoms. The molecule has 0 aliphatic rings. The molecule has 0 unspecified atom stereocenters. The Morgan fingerprint density at radius 1 is 0.386 bits per heavy atom. The van der Waals surface area contributed by atoms with Crippen molar-refractivity contribution in [3.8, 4) is 79.0 Å². The van der Waals surface area contributed by atoms with Crippen molar-refractivity contribution >= 4 is 21.8 Å². The van der Waals surface area contributed by atoms with E-state index in [-0.39, 0.29) is 0 Å². The third-order valence-corrected chi connectivity index (χ3v) is 10.7. The summed E-state index contributed by atoms with van der Waals surface area (Å²) in [6.07, 6.45) is 0. The van der Waals surface area contributed by atoms with Crippen LogP contribution in [0.5, 0.6) is 0 Å². The van der Waals surface area contributed by atoms with Crippen molar-refractivity contribution in [2.75, 3.05) is 0 Å². The smallest absolute Gasteiger partial charge is 0.161 e. The Bertz CT molecular complexity index is 2940. The van der Waals surface area contributed by atoms with Crippen molar-refractivity contribution in [3.63, 3.8) is 0 Å². The monoisotopic (exact) mass is 726 g/mol. The zero-order valence-electron chi connectivity index (χ0n) is 30.9. The summed E-state index contributed by atoms with van der Waals surface area (Å²) in [5, 5.41) is 13.0. The summed E-state index contributed by atoms with van der Waals surface area (Å²) < 4.78 is 2.39. The fourth-order valence-corrected chi connectivity index (χ4v) is 8.02. The first-order valence-corrected chi connectivity index (χ1v) is 19.1. The molecule has 8 aromatic carbocycles. The van der Waals surface area contributed by atoms with Gasteiger partial charge >= 0.3 is 0 Å². The van der Waals surface area contributed by atoms with Crippen LogP contribution in [0.3, 0.4) is 0 Å². The highest BCUT2D eigenvalue weighted by molar-refractivity contribution is 6.12. The SMILES string of the molecule is N#Cc1c(-c2ccccc2)nc(-c2cccc(-n3c4ccc(-c5ccccc5)cc4c4cc(-c5ccccc5)ccc43)c2-c2ccccc2)nc1-c1ccccc1. The normalized spacial score (nSPS) is 11.1. The van der Waals surface area contributed by atoms with E-state index < -0.39 is 0 Å². The molecule has 0 fully saturated rings. The molecule has 10 rings (SSSR count).